The van der Waals surface area contributed by atoms with E-state index >= 15 is 0 Å². The molecule has 2 amide bonds. The zero-order valence-electron chi connectivity index (χ0n) is 18.5. The van der Waals surface area contributed by atoms with Gasteiger partial charge in [0.1, 0.15) is 18.3 Å². The number of carbonyl (C=O) groups is 2. The van der Waals surface area contributed by atoms with E-state index in [9.17, 15) is 18.0 Å². The summed E-state index contributed by atoms with van der Waals surface area (Å²) in [5.74, 6) is -0.167. The van der Waals surface area contributed by atoms with Crippen molar-refractivity contribution in [3.8, 4) is 5.75 Å². The van der Waals surface area contributed by atoms with Crippen molar-refractivity contribution in [3.63, 3.8) is 0 Å². The third-order valence-corrected chi connectivity index (χ3v) is 6.33. The number of ether oxygens (including phenoxy) is 1. The summed E-state index contributed by atoms with van der Waals surface area (Å²) in [5, 5.41) is 3.02. The Morgan fingerprint density at radius 2 is 1.69 bits per heavy atom. The number of sulfonamides is 1. The van der Waals surface area contributed by atoms with Gasteiger partial charge in [0.25, 0.3) is 0 Å². The van der Waals surface area contributed by atoms with Gasteiger partial charge >= 0.3 is 0 Å². The Labute approximate surface area is 194 Å². The van der Waals surface area contributed by atoms with Crippen LogP contribution in [0.3, 0.4) is 0 Å². The average Bonchev–Trinajstić information content (AvgIpc) is 2.77. The van der Waals surface area contributed by atoms with Gasteiger partial charge in [-0.05, 0) is 48.4 Å². The first-order chi connectivity index (χ1) is 15.1. The summed E-state index contributed by atoms with van der Waals surface area (Å²) in [7, 11) is -0.721. The molecule has 0 saturated heterocycles. The Bertz CT molecular complexity index is 1030. The summed E-state index contributed by atoms with van der Waals surface area (Å²) in [6.45, 7) is 1.47. The average molecular weight is 482 g/mol. The second-order valence-electron chi connectivity index (χ2n) is 7.15. The number of hydrogen-bond donors (Lipinski definition) is 1. The molecule has 0 radical (unpaired) electrons. The minimum Gasteiger partial charge on any atom is -0.497 e. The van der Waals surface area contributed by atoms with Gasteiger partial charge in [0, 0.05) is 18.6 Å². The Morgan fingerprint density at radius 1 is 1.09 bits per heavy atom. The van der Waals surface area contributed by atoms with E-state index in [1.165, 1.54) is 24.1 Å². The molecule has 0 aromatic heterocycles. The number of halogens is 1. The van der Waals surface area contributed by atoms with Gasteiger partial charge < -0.3 is 15.0 Å². The molecule has 32 heavy (non-hydrogen) atoms. The Balaban J connectivity index is 2.39. The van der Waals surface area contributed by atoms with Crippen LogP contribution in [0.5, 0.6) is 5.75 Å². The molecule has 1 unspecified atom stereocenters. The van der Waals surface area contributed by atoms with Crippen molar-refractivity contribution >= 4 is 39.1 Å². The highest BCUT2D eigenvalue weighted by Gasteiger charge is 2.31. The fraction of sp³-hybridized carbons (Fsp3) is 0.364. The summed E-state index contributed by atoms with van der Waals surface area (Å²) in [4.78, 5) is 27.3. The molecule has 10 heteroatoms. The Kier molecular flexibility index (Phi) is 8.91. The highest BCUT2D eigenvalue weighted by atomic mass is 35.5. The van der Waals surface area contributed by atoms with Gasteiger partial charge in [-0.15, -0.1) is 0 Å². The Morgan fingerprint density at radius 3 is 2.16 bits per heavy atom. The molecule has 0 aliphatic rings. The first-order valence-electron chi connectivity index (χ1n) is 9.98. The number of likely N-dealkylation sites (N-methyl/N-ethyl adjacent to an activating group) is 1. The van der Waals surface area contributed by atoms with Crippen molar-refractivity contribution in [1.29, 1.82) is 0 Å². The molecule has 0 aliphatic carbocycles. The van der Waals surface area contributed by atoms with Crippen LogP contribution in [0.4, 0.5) is 5.69 Å². The quantitative estimate of drug-likeness (QED) is 0.562. The topological polar surface area (TPSA) is 96.0 Å². The smallest absolute Gasteiger partial charge is 0.244 e. The fourth-order valence-electron chi connectivity index (χ4n) is 3.23. The second kappa shape index (κ2) is 11.2. The summed E-state index contributed by atoms with van der Waals surface area (Å²) in [5.41, 5.74) is 1.08. The first-order valence-corrected chi connectivity index (χ1v) is 12.2. The normalized spacial score (nSPS) is 12.0. The number of hydrogen-bond acceptors (Lipinski definition) is 5. The second-order valence-corrected chi connectivity index (χ2v) is 9.50. The van der Waals surface area contributed by atoms with Gasteiger partial charge in [-0.1, -0.05) is 30.7 Å². The maximum absolute atomic E-state index is 13.4. The number of nitrogens with one attached hydrogen (secondary N) is 1. The van der Waals surface area contributed by atoms with Gasteiger partial charge in [-0.2, -0.15) is 0 Å². The molecular weight excluding hydrogens is 454 g/mol. The molecule has 0 fully saturated rings. The molecule has 2 rings (SSSR count). The van der Waals surface area contributed by atoms with Crippen molar-refractivity contribution in [2.75, 3.05) is 31.3 Å². The minimum absolute atomic E-state index is 0.132. The van der Waals surface area contributed by atoms with Crippen LogP contribution < -0.4 is 14.4 Å². The predicted molar refractivity (Wildman–Crippen MR) is 125 cm³/mol. The van der Waals surface area contributed by atoms with Gasteiger partial charge in [0.15, 0.2) is 0 Å². The molecule has 0 heterocycles. The van der Waals surface area contributed by atoms with Crippen LogP contribution in [0.1, 0.15) is 18.9 Å². The summed E-state index contributed by atoms with van der Waals surface area (Å²) in [6, 6.07) is 12.5. The van der Waals surface area contributed by atoms with Crippen molar-refractivity contribution in [2.45, 2.75) is 25.9 Å². The predicted octanol–water partition coefficient (Wildman–Crippen LogP) is 2.67. The van der Waals surface area contributed by atoms with Crippen LogP contribution >= 0.6 is 11.6 Å². The zero-order valence-corrected chi connectivity index (χ0v) is 20.1. The van der Waals surface area contributed by atoms with Crippen LogP contribution in [0, 0.1) is 0 Å². The lowest BCUT2D eigenvalue weighted by Gasteiger charge is -2.32. The van der Waals surface area contributed by atoms with Crippen molar-refractivity contribution in [3.05, 3.63) is 59.1 Å². The van der Waals surface area contributed by atoms with Gasteiger partial charge in [-0.25, -0.2) is 8.42 Å². The molecule has 2 aromatic carbocycles. The van der Waals surface area contributed by atoms with E-state index in [0.29, 0.717) is 22.9 Å². The van der Waals surface area contributed by atoms with Gasteiger partial charge in [-0.3, -0.25) is 13.9 Å². The number of benzene rings is 2. The first kappa shape index (κ1) is 25.5. The van der Waals surface area contributed by atoms with E-state index in [0.717, 1.165) is 16.1 Å². The number of nitrogens with zero attached hydrogens (tertiary/aromatic N) is 2. The zero-order chi connectivity index (χ0) is 23.9. The molecule has 8 nitrogen and oxygen atoms in total. The summed E-state index contributed by atoms with van der Waals surface area (Å²) >= 11 is 5.91. The number of methoxy groups -OCH3 is 1. The molecule has 2 aromatic rings. The fourth-order valence-corrected chi connectivity index (χ4v) is 4.21. The van der Waals surface area contributed by atoms with E-state index < -0.39 is 28.5 Å². The highest BCUT2D eigenvalue weighted by Crippen LogP contribution is 2.22. The van der Waals surface area contributed by atoms with E-state index in [-0.39, 0.29) is 12.5 Å². The standard InChI is InChI=1S/C22H28ClN3O5S/c1-5-20(22(28)24-2)25(14-16-6-12-19(31-3)13-7-16)21(27)15-26(32(4,29)30)18-10-8-17(23)9-11-18/h6-13,20H,5,14-15H2,1-4H3,(H,24,28). The summed E-state index contributed by atoms with van der Waals surface area (Å²) in [6.07, 6.45) is 1.39. The molecule has 0 aliphatic heterocycles. The highest BCUT2D eigenvalue weighted by molar-refractivity contribution is 7.92. The van der Waals surface area contributed by atoms with Crippen LogP contribution in [0.2, 0.25) is 5.02 Å². The van der Waals surface area contributed by atoms with E-state index in [1.807, 2.05) is 0 Å². The largest absolute Gasteiger partial charge is 0.497 e. The van der Waals surface area contributed by atoms with Crippen LogP contribution in [-0.4, -0.2) is 58.1 Å². The lowest BCUT2D eigenvalue weighted by atomic mass is 10.1. The number of rotatable bonds is 10. The Hall–Kier alpha value is -2.78. The van der Waals surface area contributed by atoms with Crippen LogP contribution in [-0.2, 0) is 26.2 Å². The maximum atomic E-state index is 13.4. The monoisotopic (exact) mass is 481 g/mol. The molecular formula is C22H28ClN3O5S. The van der Waals surface area contributed by atoms with E-state index in [1.54, 1.807) is 50.4 Å². The molecule has 174 valence electrons. The number of anilines is 1. The van der Waals surface area contributed by atoms with Crippen LogP contribution in [0.15, 0.2) is 48.5 Å². The third kappa shape index (κ3) is 6.61. The maximum Gasteiger partial charge on any atom is 0.244 e. The number of carbonyl (C=O) groups excluding carboxylic acids is 2. The van der Waals surface area contributed by atoms with Gasteiger partial charge in [0.2, 0.25) is 21.8 Å². The van der Waals surface area contributed by atoms with Crippen molar-refractivity contribution in [1.82, 2.24) is 10.2 Å². The van der Waals surface area contributed by atoms with Crippen molar-refractivity contribution < 1.29 is 22.7 Å². The lowest BCUT2D eigenvalue weighted by Crippen LogP contribution is -2.51. The minimum atomic E-state index is -3.77. The molecule has 1 atom stereocenters. The van der Waals surface area contributed by atoms with E-state index in [4.69, 9.17) is 16.3 Å². The molecule has 1 N–H and O–H groups in total. The molecule has 0 spiro atoms. The summed E-state index contributed by atoms with van der Waals surface area (Å²) < 4.78 is 31.1. The lowest BCUT2D eigenvalue weighted by molar-refractivity contribution is -0.140. The molecule has 0 bridgehead atoms. The van der Waals surface area contributed by atoms with Gasteiger partial charge in [0.05, 0.1) is 19.1 Å². The SMILES string of the molecule is CCC(C(=O)NC)N(Cc1ccc(OC)cc1)C(=O)CN(c1ccc(Cl)cc1)S(C)(=O)=O. The van der Waals surface area contributed by atoms with Crippen molar-refractivity contribution in [2.24, 2.45) is 0 Å². The van der Waals surface area contributed by atoms with Crippen LogP contribution in [0.25, 0.3) is 0 Å². The molecule has 0 saturated carbocycles. The number of amides is 2. The third-order valence-electron chi connectivity index (χ3n) is 4.94. The van der Waals surface area contributed by atoms with E-state index in [2.05, 4.69) is 5.32 Å².